The zero-order valence-electron chi connectivity index (χ0n) is 7.25. The topological polar surface area (TPSA) is 29.9 Å². The molecule has 12 heavy (non-hydrogen) atoms. The zero-order chi connectivity index (χ0) is 8.39. The maximum atomic E-state index is 4.31. The summed E-state index contributed by atoms with van der Waals surface area (Å²) in [6.45, 7) is 2.04. The van der Waals surface area contributed by atoms with Crippen molar-refractivity contribution in [3.8, 4) is 0 Å². The summed E-state index contributed by atoms with van der Waals surface area (Å²) in [6, 6.07) is 0. The molecule has 0 atom stereocenters. The van der Waals surface area contributed by atoms with E-state index >= 15 is 0 Å². The predicted octanol–water partition coefficient (Wildman–Crippen LogP) is 0.797. The molecule has 2 rings (SSSR count). The van der Waals surface area contributed by atoms with Gasteiger partial charge in [0.1, 0.15) is 5.82 Å². The van der Waals surface area contributed by atoms with Gasteiger partial charge >= 0.3 is 0 Å². The van der Waals surface area contributed by atoms with Crippen LogP contribution < -0.4 is 5.32 Å². The molecule has 0 unspecified atom stereocenters. The Kier molecular flexibility index (Phi) is 1.96. The van der Waals surface area contributed by atoms with Crippen LogP contribution in [0.2, 0.25) is 0 Å². The molecule has 0 fully saturated rings. The van der Waals surface area contributed by atoms with Gasteiger partial charge in [-0.25, -0.2) is 4.98 Å². The molecule has 64 valence electrons. The molecule has 1 aromatic rings. The van der Waals surface area contributed by atoms with Gasteiger partial charge in [0.05, 0.1) is 0 Å². The lowest BCUT2D eigenvalue weighted by molar-refractivity contribution is 0.728. The van der Waals surface area contributed by atoms with Crippen LogP contribution in [0.3, 0.4) is 0 Å². The lowest BCUT2D eigenvalue weighted by Crippen LogP contribution is -2.20. The molecule has 0 saturated heterocycles. The number of rotatable bonds is 1. The fourth-order valence-electron chi connectivity index (χ4n) is 1.50. The van der Waals surface area contributed by atoms with Gasteiger partial charge in [-0.05, 0) is 18.5 Å². The number of nitrogens with zero attached hydrogens (tertiary/aromatic N) is 2. The summed E-state index contributed by atoms with van der Waals surface area (Å²) in [5.74, 6) is 1.11. The monoisotopic (exact) mass is 163 g/mol. The van der Waals surface area contributed by atoms with E-state index in [0.717, 1.165) is 25.3 Å². The number of imidazole rings is 1. The van der Waals surface area contributed by atoms with Crippen molar-refractivity contribution in [1.29, 1.82) is 0 Å². The molecule has 3 heteroatoms. The third-order valence-electron chi connectivity index (χ3n) is 2.17. The van der Waals surface area contributed by atoms with Crippen molar-refractivity contribution >= 4 is 5.57 Å². The maximum Gasteiger partial charge on any atom is 0.135 e. The standard InChI is InChI=1S/C9H13N3/c1-12-7-6-11-9(12)8-2-4-10-5-3-8/h2,6-7,10H,3-5H2,1H3. The van der Waals surface area contributed by atoms with Gasteiger partial charge in [-0.15, -0.1) is 0 Å². The molecule has 1 aliphatic rings. The SMILES string of the molecule is Cn1ccnc1C1=CCNCC1. The molecule has 1 N–H and O–H groups in total. The van der Waals surface area contributed by atoms with Crippen LogP contribution in [0.1, 0.15) is 12.2 Å². The van der Waals surface area contributed by atoms with Gasteiger partial charge in [-0.2, -0.15) is 0 Å². The summed E-state index contributed by atoms with van der Waals surface area (Å²) < 4.78 is 2.07. The van der Waals surface area contributed by atoms with Crippen molar-refractivity contribution in [3.05, 3.63) is 24.3 Å². The normalized spacial score (nSPS) is 17.6. The van der Waals surface area contributed by atoms with Gasteiger partial charge in [-0.3, -0.25) is 0 Å². The van der Waals surface area contributed by atoms with Gasteiger partial charge in [0.15, 0.2) is 0 Å². The Morgan fingerprint density at radius 3 is 3.08 bits per heavy atom. The molecule has 2 heterocycles. The third kappa shape index (κ3) is 1.28. The predicted molar refractivity (Wildman–Crippen MR) is 48.7 cm³/mol. The summed E-state index contributed by atoms with van der Waals surface area (Å²) in [4.78, 5) is 4.31. The minimum Gasteiger partial charge on any atom is -0.334 e. The average molecular weight is 163 g/mol. The fourth-order valence-corrected chi connectivity index (χ4v) is 1.50. The van der Waals surface area contributed by atoms with Crippen molar-refractivity contribution in [1.82, 2.24) is 14.9 Å². The quantitative estimate of drug-likeness (QED) is 0.663. The Morgan fingerprint density at radius 1 is 1.58 bits per heavy atom. The average Bonchev–Trinajstić information content (AvgIpc) is 2.53. The second-order valence-corrected chi connectivity index (χ2v) is 3.05. The van der Waals surface area contributed by atoms with Gasteiger partial charge in [-0.1, -0.05) is 6.08 Å². The number of hydrogen-bond donors (Lipinski definition) is 1. The van der Waals surface area contributed by atoms with Crippen molar-refractivity contribution < 1.29 is 0 Å². The van der Waals surface area contributed by atoms with E-state index < -0.39 is 0 Å². The zero-order valence-corrected chi connectivity index (χ0v) is 7.25. The molecule has 1 aromatic heterocycles. The van der Waals surface area contributed by atoms with E-state index in [2.05, 4.69) is 20.9 Å². The molecule has 0 bridgehead atoms. The molecule has 1 aliphatic heterocycles. The van der Waals surface area contributed by atoms with E-state index in [9.17, 15) is 0 Å². The first-order valence-electron chi connectivity index (χ1n) is 4.25. The van der Waals surface area contributed by atoms with Crippen molar-refractivity contribution in [3.63, 3.8) is 0 Å². The molecule has 0 aromatic carbocycles. The highest BCUT2D eigenvalue weighted by Gasteiger charge is 2.08. The third-order valence-corrected chi connectivity index (χ3v) is 2.17. The Balaban J connectivity index is 2.29. The Morgan fingerprint density at radius 2 is 2.50 bits per heavy atom. The van der Waals surface area contributed by atoms with Crippen LogP contribution in [0.4, 0.5) is 0 Å². The Labute approximate surface area is 72.1 Å². The number of nitrogens with one attached hydrogen (secondary N) is 1. The highest BCUT2D eigenvalue weighted by atomic mass is 15.0. The van der Waals surface area contributed by atoms with Crippen LogP contribution in [0.5, 0.6) is 0 Å². The van der Waals surface area contributed by atoms with Crippen LogP contribution in [0.15, 0.2) is 18.5 Å². The Bertz CT molecular complexity index is 298. The summed E-state index contributed by atoms with van der Waals surface area (Å²) in [5, 5.41) is 3.28. The van der Waals surface area contributed by atoms with Gasteiger partial charge in [0.25, 0.3) is 0 Å². The minimum atomic E-state index is 0.974. The van der Waals surface area contributed by atoms with Crippen LogP contribution in [-0.2, 0) is 7.05 Å². The summed E-state index contributed by atoms with van der Waals surface area (Å²) >= 11 is 0. The maximum absolute atomic E-state index is 4.31. The van der Waals surface area contributed by atoms with Crippen LogP contribution in [0, 0.1) is 0 Å². The summed E-state index contributed by atoms with van der Waals surface area (Å²) in [7, 11) is 2.03. The summed E-state index contributed by atoms with van der Waals surface area (Å²) in [5.41, 5.74) is 1.36. The molecule has 0 saturated carbocycles. The van der Waals surface area contributed by atoms with Crippen molar-refractivity contribution in [2.24, 2.45) is 7.05 Å². The molecule has 0 amide bonds. The number of aromatic nitrogens is 2. The van der Waals surface area contributed by atoms with Crippen molar-refractivity contribution in [2.45, 2.75) is 6.42 Å². The minimum absolute atomic E-state index is 0.974. The second-order valence-electron chi connectivity index (χ2n) is 3.05. The van der Waals surface area contributed by atoms with E-state index in [0.29, 0.717) is 0 Å². The lowest BCUT2D eigenvalue weighted by Gasteiger charge is -2.13. The fraction of sp³-hybridized carbons (Fsp3) is 0.444. The van der Waals surface area contributed by atoms with Crippen LogP contribution in [0.25, 0.3) is 5.57 Å². The van der Waals surface area contributed by atoms with Gasteiger partial charge in [0.2, 0.25) is 0 Å². The number of hydrogen-bond acceptors (Lipinski definition) is 2. The lowest BCUT2D eigenvalue weighted by atomic mass is 10.1. The molecule has 3 nitrogen and oxygen atoms in total. The highest BCUT2D eigenvalue weighted by molar-refractivity contribution is 5.61. The van der Waals surface area contributed by atoms with E-state index in [-0.39, 0.29) is 0 Å². The van der Waals surface area contributed by atoms with Gasteiger partial charge < -0.3 is 9.88 Å². The highest BCUT2D eigenvalue weighted by Crippen LogP contribution is 2.16. The second kappa shape index (κ2) is 3.11. The van der Waals surface area contributed by atoms with E-state index in [1.54, 1.807) is 0 Å². The van der Waals surface area contributed by atoms with Crippen molar-refractivity contribution in [2.75, 3.05) is 13.1 Å². The van der Waals surface area contributed by atoms with E-state index in [1.807, 2.05) is 19.4 Å². The molecule has 0 spiro atoms. The first-order chi connectivity index (χ1) is 5.88. The Hall–Kier alpha value is -1.09. The first-order valence-corrected chi connectivity index (χ1v) is 4.25. The smallest absolute Gasteiger partial charge is 0.135 e. The number of aryl methyl sites for hydroxylation is 1. The molecule has 0 radical (unpaired) electrons. The van der Waals surface area contributed by atoms with E-state index in [1.165, 1.54) is 5.57 Å². The molecular formula is C9H13N3. The molecule has 0 aliphatic carbocycles. The summed E-state index contributed by atoms with van der Waals surface area (Å²) in [6.07, 6.45) is 7.13. The van der Waals surface area contributed by atoms with Gasteiger partial charge in [0, 0.05) is 26.0 Å². The van der Waals surface area contributed by atoms with E-state index in [4.69, 9.17) is 0 Å². The first kappa shape index (κ1) is 7.55. The van der Waals surface area contributed by atoms with Crippen LogP contribution in [-0.4, -0.2) is 22.6 Å². The largest absolute Gasteiger partial charge is 0.334 e. The molecular weight excluding hydrogens is 150 g/mol. The van der Waals surface area contributed by atoms with Crippen LogP contribution >= 0.6 is 0 Å².